The van der Waals surface area contributed by atoms with Crippen molar-refractivity contribution < 1.29 is 14.6 Å². The molecule has 0 aromatic heterocycles. The van der Waals surface area contributed by atoms with E-state index in [2.05, 4.69) is 0 Å². The highest BCUT2D eigenvalue weighted by atomic mass is 16.8. The zero-order chi connectivity index (χ0) is 9.92. The molecule has 3 nitrogen and oxygen atoms in total. The fourth-order valence-corrected chi connectivity index (χ4v) is 3.40. The summed E-state index contributed by atoms with van der Waals surface area (Å²) in [7, 11) is 0. The number of fused-ring (bicyclic) bond motifs is 2. The Hall–Kier alpha value is -0.120. The van der Waals surface area contributed by atoms with Gasteiger partial charge >= 0.3 is 0 Å². The highest BCUT2D eigenvalue weighted by molar-refractivity contribution is 5.02. The van der Waals surface area contributed by atoms with E-state index in [4.69, 9.17) is 9.47 Å². The first-order valence-electron chi connectivity index (χ1n) is 5.60. The average Bonchev–Trinajstić information content (AvgIpc) is 2.41. The first-order valence-corrected chi connectivity index (χ1v) is 5.60. The van der Waals surface area contributed by atoms with Crippen molar-refractivity contribution in [3.8, 4) is 0 Å². The SMILES string of the molecule is CC1(C)O[C@@H]2[C@@H]3CC[C@@H](C[C@@H]3O)[C@@H]2O1. The van der Waals surface area contributed by atoms with Crippen LogP contribution in [-0.4, -0.2) is 29.2 Å². The van der Waals surface area contributed by atoms with Crippen LogP contribution < -0.4 is 0 Å². The van der Waals surface area contributed by atoms with Crippen LogP contribution in [0.25, 0.3) is 0 Å². The Morgan fingerprint density at radius 3 is 2.57 bits per heavy atom. The van der Waals surface area contributed by atoms with Crippen LogP contribution in [0.4, 0.5) is 0 Å². The lowest BCUT2D eigenvalue weighted by atomic mass is 9.66. The maximum atomic E-state index is 9.88. The topological polar surface area (TPSA) is 38.7 Å². The summed E-state index contributed by atoms with van der Waals surface area (Å²) < 4.78 is 11.8. The van der Waals surface area contributed by atoms with Crippen LogP contribution in [0.1, 0.15) is 33.1 Å². The molecule has 0 spiro atoms. The molecular weight excluding hydrogens is 180 g/mol. The third kappa shape index (κ3) is 1.16. The molecule has 0 aromatic carbocycles. The van der Waals surface area contributed by atoms with E-state index in [-0.39, 0.29) is 18.3 Å². The van der Waals surface area contributed by atoms with Gasteiger partial charge in [0.25, 0.3) is 0 Å². The summed E-state index contributed by atoms with van der Waals surface area (Å²) in [6.45, 7) is 3.94. The highest BCUT2D eigenvalue weighted by Gasteiger charge is 2.56. The first-order chi connectivity index (χ1) is 6.57. The second-order valence-corrected chi connectivity index (χ2v) is 5.37. The second-order valence-electron chi connectivity index (χ2n) is 5.37. The van der Waals surface area contributed by atoms with Crippen molar-refractivity contribution in [3.63, 3.8) is 0 Å². The van der Waals surface area contributed by atoms with Crippen LogP contribution in [0.2, 0.25) is 0 Å². The minimum Gasteiger partial charge on any atom is -0.393 e. The van der Waals surface area contributed by atoms with Gasteiger partial charge in [-0.05, 0) is 39.0 Å². The molecule has 4 fully saturated rings. The lowest BCUT2D eigenvalue weighted by molar-refractivity contribution is -0.150. The molecule has 5 atom stereocenters. The van der Waals surface area contributed by atoms with Crippen molar-refractivity contribution in [2.24, 2.45) is 11.8 Å². The van der Waals surface area contributed by atoms with E-state index in [1.807, 2.05) is 13.8 Å². The fourth-order valence-electron chi connectivity index (χ4n) is 3.40. The number of aliphatic hydroxyl groups excluding tert-OH is 1. The molecule has 1 aliphatic heterocycles. The van der Waals surface area contributed by atoms with Gasteiger partial charge in [-0.3, -0.25) is 0 Å². The summed E-state index contributed by atoms with van der Waals surface area (Å²) in [5.74, 6) is 0.383. The predicted molar refractivity (Wildman–Crippen MR) is 50.7 cm³/mol. The molecule has 3 saturated carbocycles. The van der Waals surface area contributed by atoms with Crippen molar-refractivity contribution in [1.29, 1.82) is 0 Å². The van der Waals surface area contributed by atoms with Gasteiger partial charge in [-0.1, -0.05) is 0 Å². The maximum Gasteiger partial charge on any atom is 0.163 e. The van der Waals surface area contributed by atoms with Crippen molar-refractivity contribution in [2.75, 3.05) is 0 Å². The van der Waals surface area contributed by atoms with Crippen LogP contribution in [0.15, 0.2) is 0 Å². The van der Waals surface area contributed by atoms with Gasteiger partial charge in [-0.15, -0.1) is 0 Å². The molecule has 4 aliphatic rings. The Balaban J connectivity index is 1.88. The summed E-state index contributed by atoms with van der Waals surface area (Å²) in [4.78, 5) is 0. The minimum atomic E-state index is -0.444. The molecular formula is C11H18O3. The van der Waals surface area contributed by atoms with Gasteiger partial charge in [-0.2, -0.15) is 0 Å². The molecule has 1 N–H and O–H groups in total. The van der Waals surface area contributed by atoms with Crippen molar-refractivity contribution in [1.82, 2.24) is 0 Å². The molecule has 3 heteroatoms. The Labute approximate surface area is 84.4 Å². The van der Waals surface area contributed by atoms with Gasteiger partial charge in [0.2, 0.25) is 0 Å². The molecule has 1 heterocycles. The van der Waals surface area contributed by atoms with E-state index in [0.717, 1.165) is 12.8 Å². The molecule has 0 unspecified atom stereocenters. The summed E-state index contributed by atoms with van der Waals surface area (Å²) in [6, 6.07) is 0. The van der Waals surface area contributed by atoms with E-state index in [0.29, 0.717) is 11.8 Å². The average molecular weight is 198 g/mol. The van der Waals surface area contributed by atoms with Gasteiger partial charge < -0.3 is 14.6 Å². The smallest absolute Gasteiger partial charge is 0.163 e. The number of ether oxygens (including phenoxy) is 2. The predicted octanol–water partition coefficient (Wildman–Crippen LogP) is 1.30. The van der Waals surface area contributed by atoms with Crippen LogP contribution in [0.5, 0.6) is 0 Å². The number of rotatable bonds is 0. The van der Waals surface area contributed by atoms with Gasteiger partial charge in [-0.25, -0.2) is 0 Å². The zero-order valence-electron chi connectivity index (χ0n) is 8.77. The summed E-state index contributed by atoms with van der Waals surface area (Å²) in [5, 5.41) is 9.88. The lowest BCUT2D eigenvalue weighted by Gasteiger charge is -2.46. The minimum absolute atomic E-state index is 0.146. The quantitative estimate of drug-likeness (QED) is 0.637. The molecule has 4 rings (SSSR count). The third-order valence-corrected chi connectivity index (χ3v) is 3.96. The second kappa shape index (κ2) is 2.71. The third-order valence-electron chi connectivity index (χ3n) is 3.96. The maximum absolute atomic E-state index is 9.88. The normalized spacial score (nSPS) is 54.6. The molecule has 3 aliphatic carbocycles. The van der Waals surface area contributed by atoms with Gasteiger partial charge in [0, 0.05) is 5.92 Å². The molecule has 0 aromatic rings. The van der Waals surface area contributed by atoms with E-state index in [1.165, 1.54) is 6.42 Å². The van der Waals surface area contributed by atoms with Crippen LogP contribution in [0, 0.1) is 11.8 Å². The standard InChI is InChI=1S/C11H18O3/c1-11(2)13-9-6-3-4-7(8(12)5-6)10(9)14-11/h6-10,12H,3-5H2,1-2H3/t6-,7+,8-,9-,10+/m0/s1. The van der Waals surface area contributed by atoms with E-state index in [9.17, 15) is 5.11 Å². The Kier molecular flexibility index (Phi) is 1.77. The van der Waals surface area contributed by atoms with E-state index < -0.39 is 5.79 Å². The lowest BCUT2D eigenvalue weighted by Crippen LogP contribution is -2.52. The highest BCUT2D eigenvalue weighted by Crippen LogP contribution is 2.49. The zero-order valence-corrected chi connectivity index (χ0v) is 8.77. The summed E-state index contributed by atoms with van der Waals surface area (Å²) in [5.41, 5.74) is 0. The Morgan fingerprint density at radius 2 is 1.86 bits per heavy atom. The van der Waals surface area contributed by atoms with Crippen molar-refractivity contribution >= 4 is 0 Å². The van der Waals surface area contributed by atoms with Crippen LogP contribution >= 0.6 is 0 Å². The Bertz CT molecular complexity index is 251. The van der Waals surface area contributed by atoms with Crippen LogP contribution in [-0.2, 0) is 9.47 Å². The number of hydrogen-bond acceptors (Lipinski definition) is 3. The van der Waals surface area contributed by atoms with Crippen molar-refractivity contribution in [2.45, 2.75) is 57.2 Å². The fraction of sp³-hybridized carbons (Fsp3) is 1.00. The van der Waals surface area contributed by atoms with Crippen LogP contribution in [0.3, 0.4) is 0 Å². The molecule has 2 bridgehead atoms. The van der Waals surface area contributed by atoms with Crippen molar-refractivity contribution in [3.05, 3.63) is 0 Å². The van der Waals surface area contributed by atoms with E-state index >= 15 is 0 Å². The first kappa shape index (κ1) is 9.13. The molecule has 0 radical (unpaired) electrons. The number of aliphatic hydroxyl groups is 1. The van der Waals surface area contributed by atoms with Gasteiger partial charge in [0.05, 0.1) is 18.3 Å². The van der Waals surface area contributed by atoms with E-state index in [1.54, 1.807) is 0 Å². The monoisotopic (exact) mass is 198 g/mol. The molecule has 0 amide bonds. The molecule has 80 valence electrons. The Morgan fingerprint density at radius 1 is 1.14 bits per heavy atom. The summed E-state index contributed by atoms with van der Waals surface area (Å²) in [6.07, 6.45) is 3.44. The van der Waals surface area contributed by atoms with Gasteiger partial charge in [0.1, 0.15) is 0 Å². The largest absolute Gasteiger partial charge is 0.393 e. The summed E-state index contributed by atoms with van der Waals surface area (Å²) >= 11 is 0. The number of hydrogen-bond donors (Lipinski definition) is 1. The molecule has 14 heavy (non-hydrogen) atoms. The van der Waals surface area contributed by atoms with Gasteiger partial charge in [0.15, 0.2) is 5.79 Å². The molecule has 1 saturated heterocycles.